The number of primary amides is 1. The van der Waals surface area contributed by atoms with Crippen molar-refractivity contribution in [1.29, 1.82) is 0 Å². The third-order valence-electron chi connectivity index (χ3n) is 3.54. The fraction of sp³-hybridized carbons (Fsp3) is 0. The number of para-hydroxylation sites is 1. The van der Waals surface area contributed by atoms with Crippen molar-refractivity contribution in [1.82, 2.24) is 4.98 Å². The summed E-state index contributed by atoms with van der Waals surface area (Å²) in [5.74, 6) is -0.457. The summed E-state index contributed by atoms with van der Waals surface area (Å²) in [7, 11) is 0. The number of rotatable bonds is 5. The molecule has 0 saturated carbocycles. The molecule has 0 unspecified atom stereocenters. The van der Waals surface area contributed by atoms with E-state index in [1.807, 2.05) is 18.2 Å². The zero-order valence-corrected chi connectivity index (χ0v) is 13.0. The molecule has 8 nitrogen and oxygen atoms in total. The van der Waals surface area contributed by atoms with E-state index in [4.69, 9.17) is 5.73 Å². The lowest BCUT2D eigenvalue weighted by atomic mass is 10.1. The molecule has 0 fully saturated rings. The molecule has 3 rings (SSSR count). The number of H-pyrrole nitrogens is 1. The predicted octanol–water partition coefficient (Wildman–Crippen LogP) is 2.48. The smallest absolute Gasteiger partial charge is 0.323 e. The van der Waals surface area contributed by atoms with Crippen LogP contribution in [0.2, 0.25) is 0 Å². The first-order valence-electron chi connectivity index (χ1n) is 7.37. The number of fused-ring (bicyclic) bond motifs is 1. The van der Waals surface area contributed by atoms with E-state index in [1.165, 1.54) is 0 Å². The molecular weight excluding hydrogens is 322 g/mol. The number of urea groups is 1. The highest BCUT2D eigenvalue weighted by molar-refractivity contribution is 6.13. The maximum absolute atomic E-state index is 12.0. The van der Waals surface area contributed by atoms with Crippen LogP contribution in [-0.4, -0.2) is 23.3 Å². The van der Waals surface area contributed by atoms with E-state index in [9.17, 15) is 14.4 Å². The highest BCUT2D eigenvalue weighted by Crippen LogP contribution is 2.28. The second-order valence-corrected chi connectivity index (χ2v) is 5.21. The molecule has 1 heterocycles. The number of carbonyl (C=O) groups excluding carboxylic acids is 3. The number of hydrogen-bond donors (Lipinski definition) is 5. The number of nitrogens with two attached hydrogens (primary N) is 1. The third-order valence-corrected chi connectivity index (χ3v) is 3.54. The summed E-state index contributed by atoms with van der Waals surface area (Å²) in [6.45, 7) is 0. The first kappa shape index (κ1) is 16.1. The average Bonchev–Trinajstić information content (AvgIpc) is 2.93. The Bertz CT molecular complexity index is 950. The molecule has 2 aromatic carbocycles. The highest BCUT2D eigenvalue weighted by Gasteiger charge is 2.16. The molecule has 0 aliphatic heterocycles. The van der Waals surface area contributed by atoms with Crippen LogP contribution < -0.4 is 21.7 Å². The van der Waals surface area contributed by atoms with Crippen LogP contribution in [-0.2, 0) is 4.79 Å². The minimum atomic E-state index is -0.668. The lowest BCUT2D eigenvalue weighted by molar-refractivity contribution is -0.105. The molecule has 0 aliphatic carbocycles. The van der Waals surface area contributed by atoms with E-state index in [-0.39, 0.29) is 11.4 Å². The van der Waals surface area contributed by atoms with Crippen molar-refractivity contribution >= 4 is 46.4 Å². The van der Waals surface area contributed by atoms with Gasteiger partial charge in [-0.25, -0.2) is 4.79 Å². The molecule has 126 valence electrons. The molecule has 4 amide bonds. The van der Waals surface area contributed by atoms with Gasteiger partial charge < -0.3 is 26.7 Å². The SMILES string of the molecule is NC(=O)c1c(NC=O)[nH]c2cc(NC(=O)Nc3ccccc3)ccc12. The highest BCUT2D eigenvalue weighted by atomic mass is 16.2. The number of nitrogens with one attached hydrogen (secondary N) is 4. The maximum Gasteiger partial charge on any atom is 0.323 e. The Morgan fingerprint density at radius 3 is 2.40 bits per heavy atom. The van der Waals surface area contributed by atoms with Gasteiger partial charge in [0.25, 0.3) is 5.91 Å². The van der Waals surface area contributed by atoms with Crippen LogP contribution in [0, 0.1) is 0 Å². The van der Waals surface area contributed by atoms with E-state index in [2.05, 4.69) is 20.9 Å². The van der Waals surface area contributed by atoms with Crippen molar-refractivity contribution in [3.63, 3.8) is 0 Å². The number of aromatic amines is 1. The van der Waals surface area contributed by atoms with E-state index in [0.717, 1.165) is 0 Å². The van der Waals surface area contributed by atoms with Crippen molar-refractivity contribution < 1.29 is 14.4 Å². The number of benzene rings is 2. The van der Waals surface area contributed by atoms with Crippen molar-refractivity contribution in [2.75, 3.05) is 16.0 Å². The summed E-state index contributed by atoms with van der Waals surface area (Å²) in [6.07, 6.45) is 0.448. The van der Waals surface area contributed by atoms with Gasteiger partial charge in [0.1, 0.15) is 5.82 Å². The van der Waals surface area contributed by atoms with E-state index >= 15 is 0 Å². The van der Waals surface area contributed by atoms with Gasteiger partial charge >= 0.3 is 6.03 Å². The molecule has 8 heteroatoms. The predicted molar refractivity (Wildman–Crippen MR) is 95.6 cm³/mol. The van der Waals surface area contributed by atoms with Gasteiger partial charge in [-0.1, -0.05) is 18.2 Å². The Kier molecular flexibility index (Phi) is 4.34. The minimum Gasteiger partial charge on any atom is -0.365 e. The van der Waals surface area contributed by atoms with Gasteiger partial charge in [0.05, 0.1) is 5.56 Å². The Hall–Kier alpha value is -3.81. The van der Waals surface area contributed by atoms with Crippen LogP contribution in [0.1, 0.15) is 10.4 Å². The number of carbonyl (C=O) groups is 3. The van der Waals surface area contributed by atoms with Gasteiger partial charge in [-0.2, -0.15) is 0 Å². The fourth-order valence-electron chi connectivity index (χ4n) is 2.51. The molecule has 25 heavy (non-hydrogen) atoms. The van der Waals surface area contributed by atoms with Gasteiger partial charge in [0, 0.05) is 22.3 Å². The van der Waals surface area contributed by atoms with Gasteiger partial charge in [0.15, 0.2) is 0 Å². The van der Waals surface area contributed by atoms with Crippen LogP contribution in [0.15, 0.2) is 48.5 Å². The first-order valence-corrected chi connectivity index (χ1v) is 7.37. The third kappa shape index (κ3) is 3.42. The Morgan fingerprint density at radius 2 is 1.72 bits per heavy atom. The first-order chi connectivity index (χ1) is 12.1. The summed E-state index contributed by atoms with van der Waals surface area (Å²) < 4.78 is 0. The molecule has 6 N–H and O–H groups in total. The molecule has 3 aromatic rings. The standard InChI is InChI=1S/C17H15N5O3/c18-15(24)14-12-7-6-11(8-13(12)22-16(14)19-9-23)21-17(25)20-10-4-2-1-3-5-10/h1-9,22H,(H2,18,24)(H,19,23)(H2,20,21,25). The van der Waals surface area contributed by atoms with Gasteiger partial charge in [0.2, 0.25) is 6.41 Å². The summed E-state index contributed by atoms with van der Waals surface area (Å²) in [4.78, 5) is 37.2. The van der Waals surface area contributed by atoms with Crippen LogP contribution in [0.4, 0.5) is 22.0 Å². The van der Waals surface area contributed by atoms with Crippen LogP contribution in [0.5, 0.6) is 0 Å². The number of amides is 4. The van der Waals surface area contributed by atoms with Crippen molar-refractivity contribution in [2.24, 2.45) is 5.73 Å². The maximum atomic E-state index is 12.0. The van der Waals surface area contributed by atoms with Crippen molar-refractivity contribution in [2.45, 2.75) is 0 Å². The number of aromatic nitrogens is 1. The van der Waals surface area contributed by atoms with Crippen molar-refractivity contribution in [3.05, 3.63) is 54.1 Å². The van der Waals surface area contributed by atoms with Crippen LogP contribution >= 0.6 is 0 Å². The molecule has 0 bridgehead atoms. The second kappa shape index (κ2) is 6.75. The number of hydrogen-bond acceptors (Lipinski definition) is 3. The summed E-state index contributed by atoms with van der Waals surface area (Å²) >= 11 is 0. The molecule has 1 aromatic heterocycles. The topological polar surface area (TPSA) is 129 Å². The summed E-state index contributed by atoms with van der Waals surface area (Å²) in [5, 5.41) is 8.35. The Morgan fingerprint density at radius 1 is 1.00 bits per heavy atom. The molecule has 0 aliphatic rings. The Balaban J connectivity index is 1.85. The fourth-order valence-corrected chi connectivity index (χ4v) is 2.51. The van der Waals surface area contributed by atoms with Crippen molar-refractivity contribution in [3.8, 4) is 0 Å². The number of anilines is 3. The van der Waals surface area contributed by atoms with E-state index in [0.29, 0.717) is 28.7 Å². The zero-order valence-electron chi connectivity index (χ0n) is 13.0. The lowest BCUT2D eigenvalue weighted by Gasteiger charge is -2.07. The molecule has 0 radical (unpaired) electrons. The summed E-state index contributed by atoms with van der Waals surface area (Å²) in [6, 6.07) is 13.5. The molecule has 0 atom stereocenters. The summed E-state index contributed by atoms with van der Waals surface area (Å²) in [5.41, 5.74) is 7.27. The lowest BCUT2D eigenvalue weighted by Crippen LogP contribution is -2.19. The van der Waals surface area contributed by atoms with E-state index in [1.54, 1.807) is 30.3 Å². The second-order valence-electron chi connectivity index (χ2n) is 5.21. The quantitative estimate of drug-likeness (QED) is 0.459. The Labute approximate surface area is 142 Å². The zero-order chi connectivity index (χ0) is 17.8. The monoisotopic (exact) mass is 337 g/mol. The van der Waals surface area contributed by atoms with Crippen LogP contribution in [0.25, 0.3) is 10.9 Å². The van der Waals surface area contributed by atoms with E-state index < -0.39 is 11.9 Å². The largest absolute Gasteiger partial charge is 0.365 e. The van der Waals surface area contributed by atoms with Gasteiger partial charge in [-0.3, -0.25) is 9.59 Å². The minimum absolute atomic E-state index is 0.183. The average molecular weight is 337 g/mol. The molecule has 0 spiro atoms. The molecule has 0 saturated heterocycles. The van der Waals surface area contributed by atoms with Gasteiger partial charge in [-0.05, 0) is 30.3 Å². The normalized spacial score (nSPS) is 10.2. The van der Waals surface area contributed by atoms with Gasteiger partial charge in [-0.15, -0.1) is 0 Å². The van der Waals surface area contributed by atoms with Crippen LogP contribution in [0.3, 0.4) is 0 Å². The molecular formula is C17H15N5O3.